The largest absolute Gasteiger partial charge is 0.147 e. The van der Waals surface area contributed by atoms with E-state index in [1.54, 1.807) is 11.1 Å². The van der Waals surface area contributed by atoms with Crippen molar-refractivity contribution in [3.8, 4) is 44.5 Å². The molecule has 0 bridgehead atoms. The van der Waals surface area contributed by atoms with Gasteiger partial charge in [0.05, 0.1) is 0 Å². The van der Waals surface area contributed by atoms with Crippen molar-refractivity contribution in [3.63, 3.8) is 0 Å². The Hall–Kier alpha value is -7.68. The first-order valence-electron chi connectivity index (χ1n) is 31.0. The first-order chi connectivity index (χ1) is 41.5. The van der Waals surface area contributed by atoms with Crippen LogP contribution in [0.5, 0.6) is 0 Å². The number of rotatable bonds is 6. The first-order valence-corrected chi connectivity index (χ1v) is 44.7. The molecule has 0 saturated heterocycles. The molecule has 14 aromatic carbocycles. The molecule has 2 unspecified atom stereocenters. The van der Waals surface area contributed by atoms with Crippen LogP contribution in [0.15, 0.2) is 254 Å². The minimum absolute atomic E-state index is 0. The van der Waals surface area contributed by atoms with Crippen LogP contribution < -0.4 is 0 Å². The fourth-order valence-corrected chi connectivity index (χ4v) is 36.1. The van der Waals surface area contributed by atoms with Crippen LogP contribution in [0, 0.1) is 10.8 Å². The van der Waals surface area contributed by atoms with Gasteiger partial charge in [-0.15, -0.1) is 24.8 Å². The van der Waals surface area contributed by atoms with Gasteiger partial charge in [0.1, 0.15) is 0 Å². The van der Waals surface area contributed by atoms with Gasteiger partial charge in [-0.25, -0.2) is 0 Å². The van der Waals surface area contributed by atoms with Gasteiger partial charge in [0.2, 0.25) is 0 Å². The molecule has 430 valence electrons. The van der Waals surface area contributed by atoms with Crippen LogP contribution >= 0.6 is 24.8 Å². The van der Waals surface area contributed by atoms with Crippen LogP contribution in [0.3, 0.4) is 0 Å². The van der Waals surface area contributed by atoms with E-state index in [1.165, 1.54) is 153 Å². The van der Waals surface area contributed by atoms with Crippen molar-refractivity contribution in [2.24, 2.45) is 10.8 Å². The van der Waals surface area contributed by atoms with Crippen molar-refractivity contribution in [1.29, 1.82) is 0 Å². The molecule has 2 aliphatic rings. The predicted molar refractivity (Wildman–Crippen MR) is 390 cm³/mol. The Kier molecular flexibility index (Phi) is 13.8. The van der Waals surface area contributed by atoms with Crippen molar-refractivity contribution >= 4 is 130 Å². The predicted octanol–water partition coefficient (Wildman–Crippen LogP) is 24.4. The van der Waals surface area contributed by atoms with Crippen LogP contribution in [0.2, 0.25) is 9.26 Å². The first kappa shape index (κ1) is 58.0. The summed E-state index contributed by atoms with van der Waals surface area (Å²) in [7, 11) is 0. The zero-order chi connectivity index (χ0) is 58.6. The summed E-state index contributed by atoms with van der Waals surface area (Å²) < 4.78 is 6.10. The summed E-state index contributed by atoms with van der Waals surface area (Å²) in [6.45, 7) is 17.6. The van der Waals surface area contributed by atoms with Crippen LogP contribution in [-0.4, -0.2) is 6.88 Å². The van der Waals surface area contributed by atoms with Gasteiger partial charge < -0.3 is 0 Å². The third-order valence-corrected chi connectivity index (χ3v) is 37.3. The molecule has 0 amide bonds. The van der Waals surface area contributed by atoms with Crippen molar-refractivity contribution < 1.29 is 17.4 Å². The molecule has 88 heavy (non-hydrogen) atoms. The Balaban J connectivity index is 0.00000340. The van der Waals surface area contributed by atoms with Gasteiger partial charge in [0.15, 0.2) is 0 Å². The smallest absolute Gasteiger partial charge is 0.147 e. The van der Waals surface area contributed by atoms with E-state index in [4.69, 9.17) is 0 Å². The third-order valence-electron chi connectivity index (χ3n) is 20.2. The molecule has 0 N–H and O–H groups in total. The van der Waals surface area contributed by atoms with E-state index >= 15 is 0 Å². The Morgan fingerprint density at radius 3 is 0.693 bits per heavy atom. The van der Waals surface area contributed by atoms with Crippen LogP contribution in [-0.2, 0) is 17.4 Å². The molecule has 0 saturated carbocycles. The van der Waals surface area contributed by atoms with Gasteiger partial charge in [-0.3, -0.25) is 0 Å². The van der Waals surface area contributed by atoms with E-state index in [0.29, 0.717) is 0 Å². The average Bonchev–Trinajstić information content (AvgIpc) is 1.49. The van der Waals surface area contributed by atoms with E-state index in [0.717, 1.165) is 0 Å². The SMILES string of the molecule is CC(C)(C)C1=Cc2c(-c3c4ccccc4cc4ccccc34)ccc(-c3c4ccccc4cc4ccccc34)c2[CH]1[Zr]([CH3])([CH3])(=[SiH2])[CH]1C(C(C)(C)C)=Cc2c(-c3c4ccccc4cc4ccccc34)ccc(-c3c4ccccc4cc4ccccc34)c21.Cl.Cl. The minimum Gasteiger partial charge on any atom is -0.147 e. The minimum atomic E-state index is -4.88. The molecule has 4 heteroatoms. The summed E-state index contributed by atoms with van der Waals surface area (Å²) in [5, 5.41) is 20.6. The van der Waals surface area contributed by atoms with E-state index < -0.39 is 17.4 Å². The molecular weight excluding hydrogens is 1200 g/mol. The molecule has 0 nitrogen and oxygen atoms in total. The summed E-state index contributed by atoms with van der Waals surface area (Å²) >= 11 is -4.88. The van der Waals surface area contributed by atoms with E-state index in [-0.39, 0.29) is 42.9 Å². The fraction of sp³-hybridized carbons (Fsp3) is 0.143. The van der Waals surface area contributed by atoms with E-state index in [2.05, 4.69) is 312 Å². The maximum absolute atomic E-state index is 4.88. The third kappa shape index (κ3) is 8.83. The molecule has 0 aliphatic heterocycles. The molecular formula is C84H72Cl2SiZr. The molecule has 0 fully saturated rings. The molecule has 0 radical (unpaired) electrons. The van der Waals surface area contributed by atoms with Crippen LogP contribution in [0.1, 0.15) is 71.0 Å². The molecule has 0 aromatic heterocycles. The Morgan fingerprint density at radius 2 is 0.477 bits per heavy atom. The van der Waals surface area contributed by atoms with Gasteiger partial charge in [0.25, 0.3) is 0 Å². The summed E-state index contributed by atoms with van der Waals surface area (Å²) in [6.07, 6.45) is 5.51. The van der Waals surface area contributed by atoms with Gasteiger partial charge in [0, 0.05) is 0 Å². The number of hydrogen-bond acceptors (Lipinski definition) is 0. The summed E-state index contributed by atoms with van der Waals surface area (Å²) in [4.78, 5) is 0. The fourth-order valence-electron chi connectivity index (χ4n) is 16.5. The maximum atomic E-state index is 2.91. The number of allylic oxidation sites excluding steroid dienone is 2. The molecule has 2 atom stereocenters. The molecule has 0 spiro atoms. The number of hydrogen-bond donors (Lipinski definition) is 0. The van der Waals surface area contributed by atoms with Gasteiger partial charge in [-0.1, -0.05) is 0 Å². The van der Waals surface area contributed by atoms with Crippen molar-refractivity contribution in [2.75, 3.05) is 0 Å². The Labute approximate surface area is 532 Å². The number of halogens is 2. The van der Waals surface area contributed by atoms with Gasteiger partial charge in [-0.2, -0.15) is 0 Å². The maximum Gasteiger partial charge on any atom is -0.147 e. The van der Waals surface area contributed by atoms with Crippen molar-refractivity contribution in [3.05, 3.63) is 276 Å². The summed E-state index contributed by atoms with van der Waals surface area (Å²) in [5.74, 6) is 0. The van der Waals surface area contributed by atoms with Gasteiger partial charge >= 0.3 is 512 Å². The molecule has 2 aliphatic carbocycles. The zero-order valence-corrected chi connectivity index (χ0v) is 56.9. The molecule has 16 rings (SSSR count). The normalized spacial score (nSPS) is 15.2. The Bertz CT molecular complexity index is 4880. The Morgan fingerprint density at radius 1 is 0.284 bits per heavy atom. The number of benzene rings is 14. The second-order valence-electron chi connectivity index (χ2n) is 28.3. The second-order valence-corrected chi connectivity index (χ2v) is 58.7. The summed E-state index contributed by atoms with van der Waals surface area (Å²) in [5.41, 5.74) is 19.3. The second kappa shape index (κ2) is 21.0. The van der Waals surface area contributed by atoms with E-state index in [9.17, 15) is 0 Å². The molecule has 0 heterocycles. The molecule has 14 aromatic rings. The van der Waals surface area contributed by atoms with Gasteiger partial charge in [-0.05, 0) is 0 Å². The quantitative estimate of drug-likeness (QED) is 0.115. The topological polar surface area (TPSA) is 0 Å². The monoisotopic (exact) mass is 1270 g/mol. The summed E-state index contributed by atoms with van der Waals surface area (Å²) in [6, 6.07) is 93.1. The average molecular weight is 1270 g/mol. The van der Waals surface area contributed by atoms with Crippen molar-refractivity contribution in [2.45, 2.75) is 58.1 Å². The van der Waals surface area contributed by atoms with Crippen LogP contribution in [0.4, 0.5) is 0 Å². The van der Waals surface area contributed by atoms with Crippen LogP contribution in [0.25, 0.3) is 143 Å². The standard InChI is InChI=1S/2C41H31.2CH3.2ClH.H2Si.Zr/c2*1-41(2,3)30-24-37-35(39-31-16-8-4-12-26(31)22-27-13-5-9-17-32(27)39)20-21-36(38(37)25-30)40-33-18-10-6-14-28(33)23-29-15-7-11-19-34(29)40;;;;;;/h2*4-25H,1-3H3;2*1H3;2*1H;1H2;. The number of fused-ring (bicyclic) bond motifs is 10. The van der Waals surface area contributed by atoms with Crippen molar-refractivity contribution in [1.82, 2.24) is 0 Å². The van der Waals surface area contributed by atoms with E-state index in [1.807, 2.05) is 0 Å². The zero-order valence-electron chi connectivity index (χ0n) is 51.4.